The van der Waals surface area contributed by atoms with Gasteiger partial charge in [-0.25, -0.2) is 0 Å². The van der Waals surface area contributed by atoms with Crippen molar-refractivity contribution in [3.8, 4) is 11.1 Å². The highest BCUT2D eigenvalue weighted by Crippen LogP contribution is 2.53. The lowest BCUT2D eigenvalue weighted by Crippen LogP contribution is -2.65. The summed E-state index contributed by atoms with van der Waals surface area (Å²) in [6.07, 6.45) is 0. The van der Waals surface area contributed by atoms with E-state index in [1.807, 2.05) is 0 Å². The first-order valence-corrected chi connectivity index (χ1v) is 32.5. The third-order valence-electron chi connectivity index (χ3n) is 19.0. The Balaban J connectivity index is 0.992. The number of fused-ring (bicyclic) bond motifs is 8. The molecule has 1 atom stereocenters. The fourth-order valence-electron chi connectivity index (χ4n) is 15.3. The highest BCUT2D eigenvalue weighted by Gasteiger charge is 2.49. The average molecular weight is 1210 g/mol. The molecule has 93 heavy (non-hydrogen) atoms. The summed E-state index contributed by atoms with van der Waals surface area (Å²) in [5.74, 6) is 0. The Morgan fingerprint density at radius 2 is 0.559 bits per heavy atom. The number of nitrogens with zero attached hydrogens (tertiary/aromatic N) is 6. The lowest BCUT2D eigenvalue weighted by atomic mass is 9.30. The monoisotopic (exact) mass is 1200 g/mol. The number of anilines is 18. The van der Waals surface area contributed by atoms with Gasteiger partial charge in [0.25, 0.3) is 13.4 Å². The van der Waals surface area contributed by atoms with E-state index in [9.17, 15) is 0 Å². The molecule has 0 radical (unpaired) electrons. The number of para-hydroxylation sites is 10. The Morgan fingerprint density at radius 3 is 0.957 bits per heavy atom. The average Bonchev–Trinajstić information content (AvgIpc) is 0.688. The van der Waals surface area contributed by atoms with Crippen LogP contribution < -0.4 is 67.5 Å². The van der Waals surface area contributed by atoms with Crippen LogP contribution in [0.4, 0.5) is 102 Å². The van der Waals surface area contributed by atoms with Crippen molar-refractivity contribution in [2.45, 2.75) is 0 Å². The maximum atomic E-state index is 3.21. The van der Waals surface area contributed by atoms with Crippen LogP contribution in [0, 0.1) is 0 Å². The van der Waals surface area contributed by atoms with Gasteiger partial charge in [0.2, 0.25) is 0 Å². The largest absolute Gasteiger partial charge is 0.311 e. The predicted octanol–water partition coefficient (Wildman–Crippen LogP) is 18.0. The van der Waals surface area contributed by atoms with Crippen LogP contribution in [0.25, 0.3) is 11.1 Å². The van der Waals surface area contributed by atoms with Crippen LogP contribution in [0.15, 0.2) is 346 Å². The Labute approximate surface area is 546 Å². The normalized spacial score (nSPS) is 12.9. The molecule has 1 unspecified atom stereocenters. The topological polar surface area (TPSA) is 19.4 Å². The van der Waals surface area contributed by atoms with Crippen molar-refractivity contribution in [3.63, 3.8) is 0 Å². The van der Waals surface area contributed by atoms with E-state index in [0.717, 1.165) is 119 Å². The van der Waals surface area contributed by atoms with Crippen LogP contribution in [-0.2, 0) is 0 Å². The molecule has 0 spiro atoms. The maximum absolute atomic E-state index is 3.21. The Bertz CT molecular complexity index is 5070. The quantitative estimate of drug-likeness (QED) is 0.0943. The summed E-state index contributed by atoms with van der Waals surface area (Å²) < 4.78 is 0. The second-order valence-corrected chi connectivity index (χ2v) is 24.8. The van der Waals surface area contributed by atoms with Crippen molar-refractivity contribution < 1.29 is 0 Å². The molecule has 0 aromatic heterocycles. The van der Waals surface area contributed by atoms with Gasteiger partial charge in [-0.3, -0.25) is 0 Å². The number of hydrogen-bond acceptors (Lipinski definition) is 6. The summed E-state index contributed by atoms with van der Waals surface area (Å²) in [6, 6.07) is 128. The van der Waals surface area contributed by atoms with Crippen LogP contribution in [0.5, 0.6) is 0 Å². The number of benzene rings is 14. The molecule has 6 nitrogen and oxygen atoms in total. The van der Waals surface area contributed by atoms with E-state index in [1.165, 1.54) is 32.8 Å². The first-order valence-electron chi connectivity index (χ1n) is 31.9. The third kappa shape index (κ3) is 8.85. The summed E-state index contributed by atoms with van der Waals surface area (Å²) in [5.41, 5.74) is 29.5. The fourth-order valence-corrected chi connectivity index (χ4v) is 15.7. The second kappa shape index (κ2) is 22.4. The zero-order chi connectivity index (χ0) is 61.5. The number of rotatable bonds is 11. The fraction of sp³-hybridized carbons (Fsp3) is 0. The molecule has 18 rings (SSSR count). The molecule has 0 N–H and O–H groups in total. The molecule has 0 fully saturated rings. The van der Waals surface area contributed by atoms with Crippen LogP contribution in [0.1, 0.15) is 0 Å². The molecule has 4 aliphatic rings. The predicted molar refractivity (Wildman–Crippen MR) is 399 cm³/mol. The van der Waals surface area contributed by atoms with Crippen molar-refractivity contribution in [3.05, 3.63) is 346 Å². The molecule has 0 bridgehead atoms. The lowest BCUT2D eigenvalue weighted by molar-refractivity contribution is 1.21. The first-order chi connectivity index (χ1) is 46.1. The first kappa shape index (κ1) is 54.4. The molecule has 0 aliphatic carbocycles. The number of hydrogen-bond donors (Lipinski definition) is 0. The molecule has 4 heterocycles. The van der Waals surface area contributed by atoms with E-state index in [0.29, 0.717) is 0 Å². The summed E-state index contributed by atoms with van der Waals surface area (Å²) in [6.45, 7) is -0.383. The summed E-state index contributed by atoms with van der Waals surface area (Å²) >= 11 is 0. The van der Waals surface area contributed by atoms with Gasteiger partial charge >= 0.3 is 0 Å². The lowest BCUT2D eigenvalue weighted by Gasteiger charge is -2.48. The molecule has 14 aromatic rings. The van der Waals surface area contributed by atoms with Gasteiger partial charge in [0.15, 0.2) is 0 Å². The minimum Gasteiger partial charge on any atom is -0.311 e. The van der Waals surface area contributed by atoms with Crippen LogP contribution in [-0.4, -0.2) is 13.4 Å². The molecule has 4 aliphatic heterocycles. The SMILES string of the molecule is Pc1cccc(-c2ccccc2)c1N1c2cc3c(cc2B2c4ccccc4N(c4ccccc4)c4cc(N(c5ccccc5)c5ccccc5)cc1c42)B1c2ccccc2N(c2ccccc2)c2cc(N(c4ccccc4)c4ccccc4)cc(c21)N3c1ccccc1. The van der Waals surface area contributed by atoms with Crippen molar-refractivity contribution >= 4 is 163 Å². The molecular weight excluding hydrogens is 1150 g/mol. The van der Waals surface area contributed by atoms with Gasteiger partial charge in [0.05, 0.1) is 17.1 Å². The summed E-state index contributed by atoms with van der Waals surface area (Å²) in [5, 5.41) is 1.08. The minimum atomic E-state index is -0.200. The van der Waals surface area contributed by atoms with E-state index in [-0.39, 0.29) is 13.4 Å². The molecule has 0 amide bonds. The molecule has 14 aromatic carbocycles. The molecule has 9 heteroatoms. The van der Waals surface area contributed by atoms with Crippen LogP contribution in [0.2, 0.25) is 0 Å². The van der Waals surface area contributed by atoms with Gasteiger partial charge in [-0.2, -0.15) is 0 Å². The molecular formula is C84H59B2N6P. The van der Waals surface area contributed by atoms with E-state index < -0.39 is 0 Å². The van der Waals surface area contributed by atoms with Gasteiger partial charge < -0.3 is 29.4 Å². The van der Waals surface area contributed by atoms with E-state index in [1.54, 1.807) is 0 Å². The zero-order valence-corrected chi connectivity index (χ0v) is 52.0. The van der Waals surface area contributed by atoms with E-state index in [4.69, 9.17) is 0 Å². The molecule has 436 valence electrons. The Kier molecular flexibility index (Phi) is 13.1. The smallest absolute Gasteiger partial charge is 0.252 e. The minimum absolute atomic E-state index is 0.182. The van der Waals surface area contributed by atoms with E-state index in [2.05, 4.69) is 384 Å². The van der Waals surface area contributed by atoms with Crippen LogP contribution >= 0.6 is 9.24 Å². The molecule has 0 saturated heterocycles. The van der Waals surface area contributed by atoms with Crippen LogP contribution in [0.3, 0.4) is 0 Å². The zero-order valence-electron chi connectivity index (χ0n) is 50.8. The van der Waals surface area contributed by atoms with Gasteiger partial charge in [0, 0.05) is 90.9 Å². The summed E-state index contributed by atoms with van der Waals surface area (Å²) in [7, 11) is 3.21. The van der Waals surface area contributed by atoms with Crippen molar-refractivity contribution in [1.29, 1.82) is 0 Å². The standard InChI is InChI=1S/C84H59B2N6P/c93-81-51-29-46-68(58-30-9-1-10-31-58)84(81)92-76-57-75-71(56-72(76)86-70-48-26-28-50-74(70)90(64-42-21-7-22-43-64)78-53-67(55-80(92)83(78)86)88(61-36-15-4-16-37-61)62-38-17-5-18-39-62)85-69-47-25-27-49-73(69)89(63-40-19-6-20-41-63)77-52-66(54-79(82(77)85)91(75)65-44-23-8-24-45-65)87(59-32-11-2-12-33-59)60-34-13-3-14-35-60/h1-57H,93H2. The van der Waals surface area contributed by atoms with E-state index >= 15 is 0 Å². The summed E-state index contributed by atoms with van der Waals surface area (Å²) in [4.78, 5) is 15.1. The maximum Gasteiger partial charge on any atom is 0.252 e. The van der Waals surface area contributed by atoms with Crippen molar-refractivity contribution in [2.24, 2.45) is 0 Å². The molecule has 0 saturated carbocycles. The Hall–Kier alpha value is -11.6. The van der Waals surface area contributed by atoms with Gasteiger partial charge in [0.1, 0.15) is 0 Å². The highest BCUT2D eigenvalue weighted by atomic mass is 31.0. The van der Waals surface area contributed by atoms with Gasteiger partial charge in [-0.1, -0.05) is 218 Å². The van der Waals surface area contributed by atoms with Crippen molar-refractivity contribution in [2.75, 3.05) is 29.4 Å². The van der Waals surface area contributed by atoms with Gasteiger partial charge in [-0.15, -0.1) is 9.24 Å². The second-order valence-electron chi connectivity index (χ2n) is 24.2. The van der Waals surface area contributed by atoms with Gasteiger partial charge in [-0.05, 0) is 171 Å². The highest BCUT2D eigenvalue weighted by molar-refractivity contribution is 7.28. The Morgan fingerprint density at radius 1 is 0.237 bits per heavy atom. The third-order valence-corrected chi connectivity index (χ3v) is 19.5. The van der Waals surface area contributed by atoms with Crippen molar-refractivity contribution in [1.82, 2.24) is 0 Å².